The van der Waals surface area contributed by atoms with Crippen LogP contribution in [0.4, 0.5) is 0 Å². The van der Waals surface area contributed by atoms with Crippen LogP contribution in [0.2, 0.25) is 0 Å². The summed E-state index contributed by atoms with van der Waals surface area (Å²) in [5, 5.41) is 12.4. The Hall–Kier alpha value is -1.49. The Morgan fingerprint density at radius 1 is 1.33 bits per heavy atom. The third kappa shape index (κ3) is 4.32. The van der Waals surface area contributed by atoms with Crippen LogP contribution >= 0.6 is 20.4 Å². The number of thioether (sulfide) groups is 1. The van der Waals surface area contributed by atoms with Gasteiger partial charge >= 0.3 is 14.7 Å². The number of fused-ring (bicyclic) bond motifs is 1. The highest BCUT2D eigenvalue weighted by Crippen LogP contribution is 2.33. The predicted molar refractivity (Wildman–Crippen MR) is 96.5 cm³/mol. The molecule has 0 amide bonds. The van der Waals surface area contributed by atoms with Gasteiger partial charge in [0.1, 0.15) is 0 Å². The maximum absolute atomic E-state index is 11.9. The van der Waals surface area contributed by atoms with E-state index in [0.717, 1.165) is 15.9 Å². The van der Waals surface area contributed by atoms with Gasteiger partial charge in [-0.2, -0.15) is 0 Å². The summed E-state index contributed by atoms with van der Waals surface area (Å²) in [6.45, 7) is 5.27. The van der Waals surface area contributed by atoms with Crippen LogP contribution in [-0.4, -0.2) is 27.4 Å². The van der Waals surface area contributed by atoms with Gasteiger partial charge in [-0.25, -0.2) is 14.3 Å². The smallest absolute Gasteiger partial charge is 0.378 e. The number of carbonyl (C=O) groups excluding carboxylic acids is 1. The SMILES string of the molecule is CC(C)C(CSc1ccc2ccccc2n1)C(C)(O)C(=O)O[PH+]=O. The largest absolute Gasteiger partial charge is 0.545 e. The lowest BCUT2D eigenvalue weighted by atomic mass is 9.82. The van der Waals surface area contributed by atoms with Gasteiger partial charge in [-0.3, -0.25) is 0 Å². The van der Waals surface area contributed by atoms with Gasteiger partial charge < -0.3 is 5.11 Å². The van der Waals surface area contributed by atoms with E-state index >= 15 is 0 Å². The van der Waals surface area contributed by atoms with Gasteiger partial charge in [-0.15, -0.1) is 11.8 Å². The third-order valence-electron chi connectivity index (χ3n) is 4.06. The molecule has 5 nitrogen and oxygen atoms in total. The molecule has 2 rings (SSSR count). The van der Waals surface area contributed by atoms with Gasteiger partial charge in [0, 0.05) is 17.1 Å². The summed E-state index contributed by atoms with van der Waals surface area (Å²) in [6.07, 6.45) is 0. The van der Waals surface area contributed by atoms with Crippen LogP contribution < -0.4 is 0 Å². The standard InChI is InChI=1S/C17H21NO4PS/c1-11(2)13(17(3,20)16(19)22-23-21)10-24-15-9-8-12-6-4-5-7-14(12)18-15/h4-9,11,13,20,23H,10H2,1-3H3/q+1. The highest BCUT2D eigenvalue weighted by Gasteiger charge is 2.44. The number of aliphatic hydroxyl groups is 1. The Bertz CT molecular complexity index is 735. The van der Waals surface area contributed by atoms with Crippen molar-refractivity contribution in [2.24, 2.45) is 11.8 Å². The zero-order valence-corrected chi connectivity index (χ0v) is 15.7. The van der Waals surface area contributed by atoms with Gasteiger partial charge in [-0.1, -0.05) is 38.1 Å². The van der Waals surface area contributed by atoms with E-state index < -0.39 is 20.3 Å². The Morgan fingerprint density at radius 3 is 2.71 bits per heavy atom. The van der Waals surface area contributed by atoms with Crippen LogP contribution in [0.3, 0.4) is 0 Å². The van der Waals surface area contributed by atoms with Gasteiger partial charge in [0.2, 0.25) is 0 Å². The van der Waals surface area contributed by atoms with Gasteiger partial charge in [-0.05, 0) is 29.5 Å². The summed E-state index contributed by atoms with van der Waals surface area (Å²) >= 11 is 1.48. The molecule has 3 atom stereocenters. The lowest BCUT2D eigenvalue weighted by Crippen LogP contribution is -2.46. The summed E-state index contributed by atoms with van der Waals surface area (Å²) in [6, 6.07) is 11.8. The molecule has 7 heteroatoms. The lowest BCUT2D eigenvalue weighted by molar-refractivity contribution is -0.159. The lowest BCUT2D eigenvalue weighted by Gasteiger charge is -2.31. The van der Waals surface area contributed by atoms with E-state index in [-0.39, 0.29) is 11.8 Å². The van der Waals surface area contributed by atoms with E-state index in [1.165, 1.54) is 18.7 Å². The summed E-state index contributed by atoms with van der Waals surface area (Å²) in [5.41, 5.74) is -0.794. The average molecular weight is 366 g/mol. The van der Waals surface area contributed by atoms with Crippen LogP contribution in [0.1, 0.15) is 20.8 Å². The van der Waals surface area contributed by atoms with Gasteiger partial charge in [0.05, 0.1) is 10.5 Å². The molecule has 1 aromatic carbocycles. The number of benzene rings is 1. The molecule has 3 unspecified atom stereocenters. The average Bonchev–Trinajstić information content (AvgIpc) is 2.54. The normalized spacial score (nSPS) is 15.4. The minimum absolute atomic E-state index is 0.0375. The number of carbonyl (C=O) groups is 1. The quantitative estimate of drug-likeness (QED) is 0.593. The first-order chi connectivity index (χ1) is 11.4. The van der Waals surface area contributed by atoms with Crippen molar-refractivity contribution in [3.8, 4) is 0 Å². The molecule has 24 heavy (non-hydrogen) atoms. The topological polar surface area (TPSA) is 76.5 Å². The monoisotopic (exact) mass is 366 g/mol. The molecule has 0 spiro atoms. The molecule has 0 bridgehead atoms. The van der Waals surface area contributed by atoms with Crippen molar-refractivity contribution in [2.75, 3.05) is 5.75 Å². The second kappa shape index (κ2) is 8.06. The fourth-order valence-corrected chi connectivity index (χ4v) is 4.27. The zero-order chi connectivity index (χ0) is 17.7. The predicted octanol–water partition coefficient (Wildman–Crippen LogP) is 3.83. The van der Waals surface area contributed by atoms with Crippen molar-refractivity contribution < 1.29 is 19.0 Å². The summed E-state index contributed by atoms with van der Waals surface area (Å²) in [4.78, 5) is 16.5. The Labute approximate surface area is 147 Å². The zero-order valence-electron chi connectivity index (χ0n) is 13.9. The number of pyridine rings is 1. The molecule has 1 aromatic heterocycles. The number of aromatic nitrogens is 1. The second-order valence-electron chi connectivity index (χ2n) is 6.12. The molecule has 0 fully saturated rings. The highest BCUT2D eigenvalue weighted by molar-refractivity contribution is 7.99. The minimum atomic E-state index is -1.70. The van der Waals surface area contributed by atoms with E-state index in [2.05, 4.69) is 9.51 Å². The molecule has 0 saturated carbocycles. The molecule has 0 aliphatic heterocycles. The molecule has 0 radical (unpaired) electrons. The number of hydrogen-bond acceptors (Lipinski definition) is 6. The van der Waals surface area contributed by atoms with Crippen LogP contribution in [-0.2, 0) is 13.9 Å². The van der Waals surface area contributed by atoms with Gasteiger partial charge in [0.25, 0.3) is 0 Å². The van der Waals surface area contributed by atoms with Crippen LogP contribution in [0.15, 0.2) is 41.4 Å². The number of hydrogen-bond donors (Lipinski definition) is 1. The molecular weight excluding hydrogens is 345 g/mol. The number of para-hydroxylation sites is 1. The van der Waals surface area contributed by atoms with Gasteiger partial charge in [0.15, 0.2) is 5.60 Å². The first-order valence-electron chi connectivity index (χ1n) is 7.65. The van der Waals surface area contributed by atoms with Crippen molar-refractivity contribution in [3.05, 3.63) is 36.4 Å². The number of rotatable bonds is 7. The number of nitrogens with zero attached hydrogens (tertiary/aromatic N) is 1. The maximum atomic E-state index is 11.9. The summed E-state index contributed by atoms with van der Waals surface area (Å²) in [5.74, 6) is -0.690. The molecule has 0 saturated heterocycles. The minimum Gasteiger partial charge on any atom is -0.378 e. The van der Waals surface area contributed by atoms with E-state index in [4.69, 9.17) is 0 Å². The first kappa shape index (κ1) is 18.8. The van der Waals surface area contributed by atoms with Crippen molar-refractivity contribution in [1.82, 2.24) is 4.98 Å². The Kier molecular flexibility index (Phi) is 6.33. The Balaban J connectivity index is 2.15. The van der Waals surface area contributed by atoms with E-state index in [9.17, 15) is 14.5 Å². The summed E-state index contributed by atoms with van der Waals surface area (Å²) < 4.78 is 15.0. The first-order valence-corrected chi connectivity index (χ1v) is 9.46. The fraction of sp³-hybridized carbons (Fsp3) is 0.412. The van der Waals surface area contributed by atoms with Crippen molar-refractivity contribution >= 4 is 37.3 Å². The highest BCUT2D eigenvalue weighted by atomic mass is 32.2. The second-order valence-corrected chi connectivity index (χ2v) is 7.54. The van der Waals surface area contributed by atoms with Crippen molar-refractivity contribution in [3.63, 3.8) is 0 Å². The summed E-state index contributed by atoms with van der Waals surface area (Å²) in [7, 11) is -1.22. The molecular formula is C17H21NO4PS+. The molecule has 128 valence electrons. The van der Waals surface area contributed by atoms with E-state index in [1.54, 1.807) is 0 Å². The maximum Gasteiger partial charge on any atom is 0.545 e. The van der Waals surface area contributed by atoms with Crippen molar-refractivity contribution in [2.45, 2.75) is 31.4 Å². The molecule has 2 aromatic rings. The molecule has 0 aliphatic rings. The molecule has 1 heterocycles. The van der Waals surface area contributed by atoms with Crippen LogP contribution in [0.25, 0.3) is 10.9 Å². The fourth-order valence-electron chi connectivity index (χ4n) is 2.60. The van der Waals surface area contributed by atoms with Crippen LogP contribution in [0.5, 0.6) is 0 Å². The van der Waals surface area contributed by atoms with Crippen LogP contribution in [0, 0.1) is 11.8 Å². The van der Waals surface area contributed by atoms with E-state index in [0.29, 0.717) is 5.75 Å². The molecule has 0 aliphatic carbocycles. The molecule has 1 N–H and O–H groups in total. The van der Waals surface area contributed by atoms with E-state index in [1.807, 2.05) is 50.2 Å². The Morgan fingerprint density at radius 2 is 2.04 bits per heavy atom. The third-order valence-corrected chi connectivity index (χ3v) is 5.38. The van der Waals surface area contributed by atoms with Crippen molar-refractivity contribution in [1.29, 1.82) is 0 Å².